The fraction of sp³-hybridized carbons (Fsp3) is 0. The molecule has 0 fully saturated rings. The van der Waals surface area contributed by atoms with E-state index in [9.17, 15) is 10.1 Å². The first kappa shape index (κ1) is 15.7. The van der Waals surface area contributed by atoms with Crippen molar-refractivity contribution in [2.75, 3.05) is 0 Å². The predicted octanol–water partition coefficient (Wildman–Crippen LogP) is 5.11. The highest BCUT2D eigenvalue weighted by Gasteiger charge is 2.12. The first-order valence-electron chi connectivity index (χ1n) is 6.78. The maximum absolute atomic E-state index is 12.3. The zero-order chi connectivity index (χ0) is 16.4. The molecule has 0 bridgehead atoms. The van der Waals surface area contributed by atoms with Gasteiger partial charge in [-0.3, -0.25) is 4.79 Å². The third-order valence-electron chi connectivity index (χ3n) is 3.44. The summed E-state index contributed by atoms with van der Waals surface area (Å²) in [5.41, 5.74) is 2.73. The van der Waals surface area contributed by atoms with E-state index in [0.29, 0.717) is 11.3 Å². The molecule has 3 aromatic rings. The van der Waals surface area contributed by atoms with Crippen LogP contribution in [0.25, 0.3) is 22.4 Å². The average molecular weight is 430 g/mol. The molecule has 3 rings (SSSR count). The SMILES string of the molecule is N#Cc1c(-c2cccc(Br)c2)cc(-c2ccc(Br)cc2)[nH]c1=O. The number of aromatic nitrogens is 1. The Hall–Kier alpha value is -2.16. The molecule has 0 unspecified atom stereocenters. The lowest BCUT2D eigenvalue weighted by Crippen LogP contribution is -2.12. The second-order valence-corrected chi connectivity index (χ2v) is 6.76. The Morgan fingerprint density at radius 1 is 0.913 bits per heavy atom. The van der Waals surface area contributed by atoms with Crippen molar-refractivity contribution in [2.45, 2.75) is 0 Å². The standard InChI is InChI=1S/C18H10Br2N2O/c19-13-6-4-11(5-7-13)17-9-15(16(10-21)18(23)22-17)12-2-1-3-14(20)8-12/h1-9H,(H,22,23). The highest BCUT2D eigenvalue weighted by atomic mass is 79.9. The molecule has 112 valence electrons. The molecule has 3 nitrogen and oxygen atoms in total. The van der Waals surface area contributed by atoms with Gasteiger partial charge in [-0.05, 0) is 41.5 Å². The molecule has 0 aliphatic heterocycles. The largest absolute Gasteiger partial charge is 0.321 e. The van der Waals surface area contributed by atoms with Gasteiger partial charge in [-0.15, -0.1) is 0 Å². The van der Waals surface area contributed by atoms with Crippen molar-refractivity contribution >= 4 is 31.9 Å². The number of nitrogens with one attached hydrogen (secondary N) is 1. The summed E-state index contributed by atoms with van der Waals surface area (Å²) < 4.78 is 1.86. The normalized spacial score (nSPS) is 10.3. The first-order chi connectivity index (χ1) is 11.1. The molecule has 0 saturated carbocycles. The number of pyridine rings is 1. The predicted molar refractivity (Wildman–Crippen MR) is 98.0 cm³/mol. The summed E-state index contributed by atoms with van der Waals surface area (Å²) in [6.45, 7) is 0. The molecule has 0 atom stereocenters. The van der Waals surface area contributed by atoms with E-state index >= 15 is 0 Å². The summed E-state index contributed by atoms with van der Waals surface area (Å²) in [5.74, 6) is 0. The van der Waals surface area contributed by atoms with E-state index in [4.69, 9.17) is 0 Å². The number of halogens is 2. The Morgan fingerprint density at radius 2 is 1.65 bits per heavy atom. The fourth-order valence-corrected chi connectivity index (χ4v) is 3.00. The number of H-pyrrole nitrogens is 1. The molecule has 1 aromatic heterocycles. The molecular weight excluding hydrogens is 420 g/mol. The van der Waals surface area contributed by atoms with Gasteiger partial charge in [-0.25, -0.2) is 0 Å². The zero-order valence-corrected chi connectivity index (χ0v) is 15.0. The van der Waals surface area contributed by atoms with Gasteiger partial charge in [0, 0.05) is 20.2 Å². The number of nitriles is 1. The third-order valence-corrected chi connectivity index (χ3v) is 4.46. The smallest absolute Gasteiger partial charge is 0.266 e. The molecule has 5 heteroatoms. The summed E-state index contributed by atoms with van der Waals surface area (Å²) in [6, 6.07) is 19.0. The van der Waals surface area contributed by atoms with Crippen molar-refractivity contribution in [1.29, 1.82) is 5.26 Å². The lowest BCUT2D eigenvalue weighted by atomic mass is 9.99. The van der Waals surface area contributed by atoms with Crippen molar-refractivity contribution in [3.05, 3.63) is 79.5 Å². The highest BCUT2D eigenvalue weighted by Crippen LogP contribution is 2.28. The van der Waals surface area contributed by atoms with Crippen LogP contribution in [0.5, 0.6) is 0 Å². The Balaban J connectivity index is 2.24. The number of hydrogen-bond donors (Lipinski definition) is 1. The van der Waals surface area contributed by atoms with Gasteiger partial charge < -0.3 is 4.98 Å². The highest BCUT2D eigenvalue weighted by molar-refractivity contribution is 9.10. The van der Waals surface area contributed by atoms with Crippen LogP contribution in [0.4, 0.5) is 0 Å². The minimum atomic E-state index is -0.386. The van der Waals surface area contributed by atoms with Gasteiger partial charge in [0.2, 0.25) is 0 Å². The Kier molecular flexibility index (Phi) is 4.46. The molecule has 0 aliphatic carbocycles. The lowest BCUT2D eigenvalue weighted by molar-refractivity contribution is 1.22. The van der Waals surface area contributed by atoms with Gasteiger partial charge >= 0.3 is 0 Å². The Morgan fingerprint density at radius 3 is 2.30 bits per heavy atom. The first-order valence-corrected chi connectivity index (χ1v) is 8.36. The molecule has 0 radical (unpaired) electrons. The maximum atomic E-state index is 12.3. The second kappa shape index (κ2) is 6.53. The molecule has 2 aromatic carbocycles. The van der Waals surface area contributed by atoms with Crippen molar-refractivity contribution in [1.82, 2.24) is 4.98 Å². The molecule has 0 spiro atoms. The van der Waals surface area contributed by atoms with Crippen molar-refractivity contribution in [3.63, 3.8) is 0 Å². The van der Waals surface area contributed by atoms with Crippen molar-refractivity contribution < 1.29 is 0 Å². The van der Waals surface area contributed by atoms with Crippen molar-refractivity contribution in [2.24, 2.45) is 0 Å². The van der Waals surface area contributed by atoms with E-state index in [1.54, 1.807) is 0 Å². The van der Waals surface area contributed by atoms with E-state index in [1.165, 1.54) is 0 Å². The van der Waals surface area contributed by atoms with E-state index in [2.05, 4.69) is 36.8 Å². The lowest BCUT2D eigenvalue weighted by Gasteiger charge is -2.08. The summed E-state index contributed by atoms with van der Waals surface area (Å²) in [4.78, 5) is 15.1. The van der Waals surface area contributed by atoms with Gasteiger partial charge in [0.25, 0.3) is 5.56 Å². The van der Waals surface area contributed by atoms with Crippen LogP contribution in [0.15, 0.2) is 68.3 Å². The van der Waals surface area contributed by atoms with Crippen LogP contribution in [0.2, 0.25) is 0 Å². The molecule has 0 aliphatic rings. The zero-order valence-electron chi connectivity index (χ0n) is 11.8. The van der Waals surface area contributed by atoms with E-state index < -0.39 is 0 Å². The van der Waals surface area contributed by atoms with Gasteiger partial charge in [0.15, 0.2) is 0 Å². The van der Waals surface area contributed by atoms with Gasteiger partial charge in [-0.2, -0.15) is 5.26 Å². The van der Waals surface area contributed by atoms with Gasteiger partial charge in [-0.1, -0.05) is 56.1 Å². The molecule has 0 amide bonds. The quantitative estimate of drug-likeness (QED) is 0.615. The third kappa shape index (κ3) is 3.29. The minimum Gasteiger partial charge on any atom is -0.321 e. The van der Waals surface area contributed by atoms with Crippen LogP contribution in [0.3, 0.4) is 0 Å². The van der Waals surface area contributed by atoms with Crippen LogP contribution in [-0.2, 0) is 0 Å². The second-order valence-electron chi connectivity index (χ2n) is 4.93. The minimum absolute atomic E-state index is 0.115. The van der Waals surface area contributed by atoms with E-state index in [0.717, 1.165) is 20.1 Å². The summed E-state index contributed by atoms with van der Waals surface area (Å²) >= 11 is 6.82. The molecule has 23 heavy (non-hydrogen) atoms. The number of rotatable bonds is 2. The fourth-order valence-electron chi connectivity index (χ4n) is 2.34. The number of benzene rings is 2. The number of nitrogens with zero attached hydrogens (tertiary/aromatic N) is 1. The summed E-state index contributed by atoms with van der Waals surface area (Å²) in [5, 5.41) is 9.34. The maximum Gasteiger partial charge on any atom is 0.266 e. The Bertz CT molecular complexity index is 970. The number of aromatic amines is 1. The van der Waals surface area contributed by atoms with Crippen LogP contribution in [0, 0.1) is 11.3 Å². The number of hydrogen-bond acceptors (Lipinski definition) is 2. The monoisotopic (exact) mass is 428 g/mol. The van der Waals surface area contributed by atoms with Crippen LogP contribution >= 0.6 is 31.9 Å². The molecule has 1 N–H and O–H groups in total. The molecular formula is C18H10Br2N2O. The molecule has 0 saturated heterocycles. The van der Waals surface area contributed by atoms with Crippen LogP contribution in [-0.4, -0.2) is 4.98 Å². The van der Waals surface area contributed by atoms with Gasteiger partial charge in [0.05, 0.1) is 0 Å². The van der Waals surface area contributed by atoms with Gasteiger partial charge in [0.1, 0.15) is 11.6 Å². The van der Waals surface area contributed by atoms with E-state index in [-0.39, 0.29) is 11.1 Å². The summed E-state index contributed by atoms with van der Waals surface area (Å²) in [6.07, 6.45) is 0. The average Bonchev–Trinajstić information content (AvgIpc) is 2.55. The van der Waals surface area contributed by atoms with Crippen LogP contribution in [0.1, 0.15) is 5.56 Å². The topological polar surface area (TPSA) is 56.6 Å². The summed E-state index contributed by atoms with van der Waals surface area (Å²) in [7, 11) is 0. The Labute approximate surface area is 149 Å². The van der Waals surface area contributed by atoms with E-state index in [1.807, 2.05) is 60.7 Å². The van der Waals surface area contributed by atoms with Crippen LogP contribution < -0.4 is 5.56 Å². The van der Waals surface area contributed by atoms with Crippen molar-refractivity contribution in [3.8, 4) is 28.5 Å². The molecule has 1 heterocycles.